The highest BCUT2D eigenvalue weighted by Crippen LogP contribution is 2.29. The number of carbonyl (C=O) groups is 1. The van der Waals surface area contributed by atoms with E-state index in [-0.39, 0.29) is 17.3 Å². The molecule has 7 nitrogen and oxygen atoms in total. The summed E-state index contributed by atoms with van der Waals surface area (Å²) in [5, 5.41) is 10.9. The molecule has 1 aromatic carbocycles. The van der Waals surface area contributed by atoms with Gasteiger partial charge in [-0.25, -0.2) is 9.79 Å². The molecule has 0 fully saturated rings. The van der Waals surface area contributed by atoms with Gasteiger partial charge in [-0.3, -0.25) is 10.1 Å². The van der Waals surface area contributed by atoms with E-state index in [1.807, 2.05) is 0 Å². The van der Waals surface area contributed by atoms with Crippen LogP contribution in [0.15, 0.2) is 48.5 Å². The van der Waals surface area contributed by atoms with Gasteiger partial charge in [-0.1, -0.05) is 0 Å². The number of nitro groups is 1. The van der Waals surface area contributed by atoms with Crippen LogP contribution in [0.5, 0.6) is 0 Å². The fraction of sp³-hybridized carbons (Fsp3) is 0.0667. The summed E-state index contributed by atoms with van der Waals surface area (Å²) in [7, 11) is 0. The van der Waals surface area contributed by atoms with Crippen LogP contribution in [0.3, 0.4) is 0 Å². The first-order valence-electron chi connectivity index (χ1n) is 6.58. The van der Waals surface area contributed by atoms with Gasteiger partial charge >= 0.3 is 5.97 Å². The van der Waals surface area contributed by atoms with E-state index in [9.17, 15) is 14.9 Å². The van der Waals surface area contributed by atoms with E-state index in [1.54, 1.807) is 19.1 Å². The summed E-state index contributed by atoms with van der Waals surface area (Å²) < 4.78 is 11.7. The Morgan fingerprint density at radius 3 is 2.62 bits per heavy atom. The van der Waals surface area contributed by atoms with Crippen molar-refractivity contribution in [3.05, 3.63) is 66.1 Å². The molecule has 2 aromatic rings. The fourth-order valence-electron chi connectivity index (χ4n) is 2.10. The summed E-state index contributed by atoms with van der Waals surface area (Å²) in [4.78, 5) is 26.5. The molecule has 2 heterocycles. The van der Waals surface area contributed by atoms with Crippen LogP contribution in [0.4, 0.5) is 5.69 Å². The monoisotopic (exact) mass is 454 g/mol. The van der Waals surface area contributed by atoms with Gasteiger partial charge in [0.05, 0.1) is 9.40 Å². The van der Waals surface area contributed by atoms with E-state index in [0.717, 1.165) is 0 Å². The minimum atomic E-state index is -0.621. The third-order valence-electron chi connectivity index (χ3n) is 3.20. The lowest BCUT2D eigenvalue weighted by Crippen LogP contribution is -2.06. The number of carbonyl (C=O) groups excluding carboxylic acids is 1. The van der Waals surface area contributed by atoms with Crippen LogP contribution in [-0.4, -0.2) is 16.8 Å². The van der Waals surface area contributed by atoms with Crippen molar-refractivity contribution in [1.29, 1.82) is 0 Å². The second-order valence-corrected chi connectivity index (χ2v) is 6.44. The Hall–Kier alpha value is -2.26. The zero-order valence-electron chi connectivity index (χ0n) is 12.1. The molecule has 0 unspecified atom stereocenters. The highest BCUT2D eigenvalue weighted by Gasteiger charge is 2.26. The molecule has 24 heavy (non-hydrogen) atoms. The van der Waals surface area contributed by atoms with Crippen LogP contribution in [-0.2, 0) is 9.53 Å². The van der Waals surface area contributed by atoms with E-state index >= 15 is 0 Å². The van der Waals surface area contributed by atoms with Crippen LogP contribution in [0.2, 0.25) is 0 Å². The SMILES string of the molecule is Cc1cc(C2=N/C(=C\c3cc(Br)c(Br)o3)C(=O)O2)ccc1[N+](=O)[O-]. The molecule has 0 radical (unpaired) electrons. The zero-order chi connectivity index (χ0) is 17.4. The number of hydrogen-bond acceptors (Lipinski definition) is 6. The van der Waals surface area contributed by atoms with Crippen LogP contribution >= 0.6 is 31.9 Å². The summed E-state index contributed by atoms with van der Waals surface area (Å²) in [5.74, 6) is -0.107. The molecule has 9 heteroatoms. The van der Waals surface area contributed by atoms with Crippen molar-refractivity contribution in [1.82, 2.24) is 0 Å². The maximum atomic E-state index is 11.9. The van der Waals surface area contributed by atoms with Crippen LogP contribution in [0.25, 0.3) is 6.08 Å². The van der Waals surface area contributed by atoms with Crippen molar-refractivity contribution in [3.63, 3.8) is 0 Å². The molecule has 0 N–H and O–H groups in total. The molecule has 0 amide bonds. The number of hydrogen-bond donors (Lipinski definition) is 0. The highest BCUT2D eigenvalue weighted by atomic mass is 79.9. The van der Waals surface area contributed by atoms with Gasteiger partial charge < -0.3 is 9.15 Å². The maximum absolute atomic E-state index is 11.9. The number of rotatable bonds is 3. The van der Waals surface area contributed by atoms with Crippen LogP contribution < -0.4 is 0 Å². The molecule has 0 atom stereocenters. The molecular formula is C15H8Br2N2O5. The van der Waals surface area contributed by atoms with Crippen molar-refractivity contribution >= 4 is 55.5 Å². The number of esters is 1. The smallest absolute Gasteiger partial charge is 0.363 e. The Bertz CT molecular complexity index is 910. The lowest BCUT2D eigenvalue weighted by molar-refractivity contribution is -0.385. The van der Waals surface area contributed by atoms with Crippen molar-refractivity contribution in [3.8, 4) is 0 Å². The van der Waals surface area contributed by atoms with Crippen molar-refractivity contribution in [2.45, 2.75) is 6.92 Å². The third kappa shape index (κ3) is 3.17. The highest BCUT2D eigenvalue weighted by molar-refractivity contribution is 9.13. The Morgan fingerprint density at radius 1 is 1.29 bits per heavy atom. The number of nitrogens with zero attached hydrogens (tertiary/aromatic N) is 2. The average Bonchev–Trinajstić information content (AvgIpc) is 3.02. The molecule has 0 aliphatic carbocycles. The summed E-state index contributed by atoms with van der Waals surface area (Å²) in [6, 6.07) is 6.06. The molecule has 3 rings (SSSR count). The van der Waals surface area contributed by atoms with Crippen LogP contribution in [0, 0.1) is 17.0 Å². The molecule has 0 spiro atoms. The molecule has 1 aliphatic heterocycles. The number of cyclic esters (lactones) is 1. The standard InChI is InChI=1S/C15H8Br2N2O5/c1-7-4-8(2-3-12(7)19(21)22)14-18-11(15(20)24-14)6-9-5-10(16)13(17)23-9/h2-6H,1H3/b11-6-. The van der Waals surface area contributed by atoms with Gasteiger partial charge in [0.2, 0.25) is 5.90 Å². The molecule has 0 saturated heterocycles. The van der Waals surface area contributed by atoms with E-state index < -0.39 is 10.9 Å². The number of benzene rings is 1. The molecule has 122 valence electrons. The first-order valence-corrected chi connectivity index (χ1v) is 8.16. The summed E-state index contributed by atoms with van der Waals surface area (Å²) in [5.41, 5.74) is 1.00. The number of aliphatic imine (C=N–C) groups is 1. The van der Waals surface area contributed by atoms with Gasteiger partial charge in [-0.05, 0) is 57.0 Å². The van der Waals surface area contributed by atoms with Crippen LogP contribution in [0.1, 0.15) is 16.9 Å². The maximum Gasteiger partial charge on any atom is 0.363 e. The van der Waals surface area contributed by atoms with E-state index in [0.29, 0.717) is 26.0 Å². The lowest BCUT2D eigenvalue weighted by Gasteiger charge is -2.01. The molecular weight excluding hydrogens is 448 g/mol. The number of furan rings is 1. The fourth-order valence-corrected chi connectivity index (χ4v) is 2.70. The van der Waals surface area contributed by atoms with E-state index in [2.05, 4.69) is 36.9 Å². The summed E-state index contributed by atoms with van der Waals surface area (Å²) in [6.45, 7) is 1.60. The number of nitro benzene ring substituents is 1. The first kappa shape index (κ1) is 16.6. The van der Waals surface area contributed by atoms with Gasteiger partial charge in [0.1, 0.15) is 5.76 Å². The summed E-state index contributed by atoms with van der Waals surface area (Å²) in [6.07, 6.45) is 1.45. The normalized spacial score (nSPS) is 15.5. The minimum Gasteiger partial charge on any atom is -0.449 e. The number of ether oxygens (including phenoxy) is 1. The second-order valence-electron chi connectivity index (χ2n) is 4.86. The Morgan fingerprint density at radius 2 is 2.04 bits per heavy atom. The molecule has 0 bridgehead atoms. The predicted octanol–water partition coefficient (Wildman–Crippen LogP) is 4.37. The largest absolute Gasteiger partial charge is 0.449 e. The lowest BCUT2D eigenvalue weighted by atomic mass is 10.1. The zero-order valence-corrected chi connectivity index (χ0v) is 15.3. The Kier molecular flexibility index (Phi) is 4.37. The van der Waals surface area contributed by atoms with Gasteiger partial charge in [-0.15, -0.1) is 0 Å². The van der Waals surface area contributed by atoms with Gasteiger partial charge in [0, 0.05) is 23.3 Å². The van der Waals surface area contributed by atoms with Crippen molar-refractivity contribution in [2.24, 2.45) is 4.99 Å². The van der Waals surface area contributed by atoms with Gasteiger partial charge in [0.15, 0.2) is 10.4 Å². The minimum absolute atomic E-state index is 0.00951. The third-order valence-corrected chi connectivity index (χ3v) is 4.91. The second kappa shape index (κ2) is 6.33. The molecule has 1 aromatic heterocycles. The van der Waals surface area contributed by atoms with Gasteiger partial charge in [-0.2, -0.15) is 0 Å². The van der Waals surface area contributed by atoms with Gasteiger partial charge in [0.25, 0.3) is 5.69 Å². The average molecular weight is 456 g/mol. The Balaban J connectivity index is 1.94. The summed E-state index contributed by atoms with van der Waals surface area (Å²) >= 11 is 6.48. The van der Waals surface area contributed by atoms with E-state index in [4.69, 9.17) is 9.15 Å². The van der Waals surface area contributed by atoms with Crippen molar-refractivity contribution in [2.75, 3.05) is 0 Å². The topological polar surface area (TPSA) is 94.9 Å². The number of aryl methyl sites for hydroxylation is 1. The quantitative estimate of drug-likeness (QED) is 0.296. The van der Waals surface area contributed by atoms with E-state index in [1.165, 1.54) is 18.2 Å². The predicted molar refractivity (Wildman–Crippen MR) is 92.5 cm³/mol. The number of halogens is 2. The first-order chi connectivity index (χ1) is 11.3. The Labute approximate surface area is 152 Å². The molecule has 0 saturated carbocycles. The van der Waals surface area contributed by atoms with Crippen molar-refractivity contribution < 1.29 is 18.9 Å². The molecule has 1 aliphatic rings.